The third kappa shape index (κ3) is 3.44. The van der Waals surface area contributed by atoms with Crippen molar-refractivity contribution in [2.75, 3.05) is 12.8 Å². The molecule has 0 radical (unpaired) electrons. The normalized spacial score (nSPS) is 16.5. The molecule has 1 atom stereocenters. The van der Waals surface area contributed by atoms with Crippen molar-refractivity contribution in [3.8, 4) is 10.7 Å². The van der Waals surface area contributed by atoms with Crippen LogP contribution in [0.25, 0.3) is 10.7 Å². The Morgan fingerprint density at radius 3 is 2.58 bits per heavy atom. The van der Waals surface area contributed by atoms with E-state index in [9.17, 15) is 17.4 Å². The van der Waals surface area contributed by atoms with Gasteiger partial charge in [-0.05, 0) is 18.6 Å². The second-order valence-corrected chi connectivity index (χ2v) is 7.21. The van der Waals surface area contributed by atoms with Gasteiger partial charge in [0.15, 0.2) is 10.0 Å². The molecule has 24 heavy (non-hydrogen) atoms. The van der Waals surface area contributed by atoms with Crippen molar-refractivity contribution in [1.29, 1.82) is 0 Å². The molecule has 2 aromatic heterocycles. The van der Waals surface area contributed by atoms with Crippen LogP contribution in [0.15, 0.2) is 34.3 Å². The molecule has 0 amide bonds. The zero-order chi connectivity index (χ0) is 17.3. The monoisotopic (exact) mass is 372 g/mol. The van der Waals surface area contributed by atoms with E-state index in [-0.39, 0.29) is 0 Å². The Kier molecular flexibility index (Phi) is 4.59. The molecule has 0 aromatic carbocycles. The van der Waals surface area contributed by atoms with E-state index in [1.165, 1.54) is 6.07 Å². The number of alkyl halides is 3. The number of aliphatic imine (C=N–C) groups is 1. The molecule has 3 rings (SSSR count). The third-order valence-electron chi connectivity index (χ3n) is 3.21. The minimum atomic E-state index is -4.43. The fraction of sp³-hybridized carbons (Fsp3) is 0.286. The first-order chi connectivity index (χ1) is 11.4. The van der Waals surface area contributed by atoms with Gasteiger partial charge in [0.25, 0.3) is 0 Å². The summed E-state index contributed by atoms with van der Waals surface area (Å²) >= 11 is 1.15. The van der Waals surface area contributed by atoms with Gasteiger partial charge in [-0.15, -0.1) is 10.2 Å². The SMILES string of the molecule is C[S@](=O)C1=CCCN=C1c1nnc(-c2ccc(C(F)(F)F)cn2)s1. The Morgan fingerprint density at radius 1 is 1.21 bits per heavy atom. The number of hydrogen-bond acceptors (Lipinski definition) is 6. The van der Waals surface area contributed by atoms with Crippen molar-refractivity contribution in [3.05, 3.63) is 39.9 Å². The highest BCUT2D eigenvalue weighted by Crippen LogP contribution is 2.31. The molecule has 5 nitrogen and oxygen atoms in total. The lowest BCUT2D eigenvalue weighted by atomic mass is 10.2. The molecule has 0 unspecified atom stereocenters. The van der Waals surface area contributed by atoms with E-state index in [4.69, 9.17) is 0 Å². The first-order valence-corrected chi connectivity index (χ1v) is 9.19. The maximum absolute atomic E-state index is 12.6. The number of rotatable bonds is 3. The highest BCUT2D eigenvalue weighted by atomic mass is 32.2. The second kappa shape index (κ2) is 6.52. The van der Waals surface area contributed by atoms with Crippen LogP contribution >= 0.6 is 11.3 Å². The van der Waals surface area contributed by atoms with Crippen molar-refractivity contribution >= 4 is 27.8 Å². The second-order valence-electron chi connectivity index (χ2n) is 4.88. The summed E-state index contributed by atoms with van der Waals surface area (Å²) < 4.78 is 49.5. The molecule has 0 aliphatic carbocycles. The van der Waals surface area contributed by atoms with Gasteiger partial charge in [0.1, 0.15) is 11.4 Å². The van der Waals surface area contributed by atoms with Crippen molar-refractivity contribution in [3.63, 3.8) is 0 Å². The minimum Gasteiger partial charge on any atom is -0.281 e. The molecule has 0 saturated heterocycles. The average Bonchev–Trinajstić information content (AvgIpc) is 3.04. The first kappa shape index (κ1) is 16.9. The van der Waals surface area contributed by atoms with E-state index < -0.39 is 22.5 Å². The summed E-state index contributed by atoms with van der Waals surface area (Å²) in [6, 6.07) is 2.21. The summed E-state index contributed by atoms with van der Waals surface area (Å²) in [4.78, 5) is 8.75. The lowest BCUT2D eigenvalue weighted by molar-refractivity contribution is -0.137. The molecule has 1 aliphatic rings. The summed E-state index contributed by atoms with van der Waals surface area (Å²) in [6.07, 6.45) is 0.465. The van der Waals surface area contributed by atoms with Gasteiger partial charge >= 0.3 is 6.18 Å². The Morgan fingerprint density at radius 2 is 1.96 bits per heavy atom. The van der Waals surface area contributed by atoms with Crippen molar-refractivity contribution in [2.24, 2.45) is 4.99 Å². The van der Waals surface area contributed by atoms with Gasteiger partial charge in [-0.25, -0.2) is 0 Å². The molecule has 1 aliphatic heterocycles. The average molecular weight is 372 g/mol. The zero-order valence-electron chi connectivity index (χ0n) is 12.4. The number of aromatic nitrogens is 3. The van der Waals surface area contributed by atoms with Crippen LogP contribution in [0.4, 0.5) is 13.2 Å². The molecule has 0 bridgehead atoms. The van der Waals surface area contributed by atoms with Crippen molar-refractivity contribution in [2.45, 2.75) is 12.6 Å². The van der Waals surface area contributed by atoms with Gasteiger partial charge in [-0.1, -0.05) is 17.4 Å². The standard InChI is InChI=1S/C14H11F3N4OS2/c1-24(22)10-3-2-6-18-11(10)13-21-20-12(23-13)9-5-4-8(7-19-9)14(15,16)17/h3-5,7H,2,6H2,1H3/t24-/m0/s1. The van der Waals surface area contributed by atoms with Crippen LogP contribution in [0.1, 0.15) is 17.0 Å². The van der Waals surface area contributed by atoms with E-state index in [1.54, 1.807) is 6.26 Å². The maximum atomic E-state index is 12.6. The van der Waals surface area contributed by atoms with Gasteiger partial charge < -0.3 is 0 Å². The lowest BCUT2D eigenvalue weighted by Crippen LogP contribution is -2.13. The summed E-state index contributed by atoms with van der Waals surface area (Å²) in [6.45, 7) is 0.573. The largest absolute Gasteiger partial charge is 0.417 e. The Hall–Kier alpha value is -1.94. The number of dihydropyridines is 1. The van der Waals surface area contributed by atoms with E-state index in [2.05, 4.69) is 20.2 Å². The predicted molar refractivity (Wildman–Crippen MR) is 86.3 cm³/mol. The molecular formula is C14H11F3N4OS2. The van der Waals surface area contributed by atoms with Crippen LogP contribution in [0, 0.1) is 0 Å². The number of nitrogens with zero attached hydrogens (tertiary/aromatic N) is 4. The molecule has 126 valence electrons. The highest BCUT2D eigenvalue weighted by Gasteiger charge is 2.31. The Balaban J connectivity index is 1.90. The minimum absolute atomic E-state index is 0.298. The lowest BCUT2D eigenvalue weighted by Gasteiger charge is -2.10. The fourth-order valence-electron chi connectivity index (χ4n) is 2.08. The van der Waals surface area contributed by atoms with Crippen LogP contribution in [0.5, 0.6) is 0 Å². The summed E-state index contributed by atoms with van der Waals surface area (Å²) in [5, 5.41) is 8.85. The first-order valence-electron chi connectivity index (χ1n) is 6.82. The van der Waals surface area contributed by atoms with Crippen LogP contribution in [-0.2, 0) is 17.0 Å². The molecule has 10 heteroatoms. The van der Waals surface area contributed by atoms with E-state index in [0.29, 0.717) is 39.3 Å². The summed E-state index contributed by atoms with van der Waals surface area (Å²) in [7, 11) is -1.20. The molecule has 0 spiro atoms. The molecule has 2 aromatic rings. The van der Waals surface area contributed by atoms with Gasteiger partial charge in [0.05, 0.1) is 21.3 Å². The third-order valence-corrected chi connectivity index (χ3v) is 5.14. The number of halogens is 3. The van der Waals surface area contributed by atoms with Crippen molar-refractivity contribution < 1.29 is 17.4 Å². The van der Waals surface area contributed by atoms with Gasteiger partial charge in [0, 0.05) is 19.0 Å². The molecule has 0 saturated carbocycles. The van der Waals surface area contributed by atoms with Crippen LogP contribution in [-0.4, -0.2) is 37.9 Å². The Labute approximate surface area is 141 Å². The summed E-state index contributed by atoms with van der Waals surface area (Å²) in [5.74, 6) is 0. The predicted octanol–water partition coefficient (Wildman–Crippen LogP) is 3.07. The van der Waals surface area contributed by atoms with Crippen LogP contribution in [0.2, 0.25) is 0 Å². The molecule has 3 heterocycles. The highest BCUT2D eigenvalue weighted by molar-refractivity contribution is 7.89. The number of hydrogen-bond donors (Lipinski definition) is 0. The van der Waals surface area contributed by atoms with Gasteiger partial charge in [0.2, 0.25) is 0 Å². The molecular weight excluding hydrogens is 361 g/mol. The number of allylic oxidation sites excluding steroid dienone is 1. The van der Waals surface area contributed by atoms with E-state index in [0.717, 1.165) is 23.6 Å². The van der Waals surface area contributed by atoms with Gasteiger partial charge in [-0.3, -0.25) is 14.2 Å². The van der Waals surface area contributed by atoms with Crippen LogP contribution in [0.3, 0.4) is 0 Å². The quantitative estimate of drug-likeness (QED) is 0.830. The van der Waals surface area contributed by atoms with Gasteiger partial charge in [-0.2, -0.15) is 13.2 Å². The van der Waals surface area contributed by atoms with Crippen LogP contribution < -0.4 is 0 Å². The van der Waals surface area contributed by atoms with E-state index >= 15 is 0 Å². The fourth-order valence-corrected chi connectivity index (χ4v) is 3.78. The zero-order valence-corrected chi connectivity index (χ0v) is 14.0. The smallest absolute Gasteiger partial charge is 0.281 e. The van der Waals surface area contributed by atoms with E-state index in [1.807, 2.05) is 6.08 Å². The van der Waals surface area contributed by atoms with Crippen molar-refractivity contribution in [1.82, 2.24) is 15.2 Å². The maximum Gasteiger partial charge on any atom is 0.417 e. The summed E-state index contributed by atoms with van der Waals surface area (Å²) in [5.41, 5.74) is 0.00305. The Bertz CT molecular complexity index is 840. The topological polar surface area (TPSA) is 68.1 Å². The molecule has 0 N–H and O–H groups in total. The molecule has 0 fully saturated rings. The number of pyridine rings is 1.